The van der Waals surface area contributed by atoms with Crippen molar-refractivity contribution in [2.24, 2.45) is 0 Å². The van der Waals surface area contributed by atoms with Crippen LogP contribution in [0.4, 0.5) is 14.6 Å². The minimum absolute atomic E-state index is 0.153. The average Bonchev–Trinajstić information content (AvgIpc) is 3.44. The monoisotopic (exact) mass is 434 g/mol. The topological polar surface area (TPSA) is 127 Å². The van der Waals surface area contributed by atoms with Gasteiger partial charge in [-0.3, -0.25) is 14.6 Å². The Bertz CT molecular complexity index is 1460. The van der Waals surface area contributed by atoms with Crippen LogP contribution in [0.5, 0.6) is 0 Å². The van der Waals surface area contributed by atoms with Gasteiger partial charge in [-0.25, -0.2) is 18.7 Å². The molecule has 4 N–H and O–H groups in total. The molecule has 5 rings (SSSR count). The highest BCUT2D eigenvalue weighted by molar-refractivity contribution is 6.08. The molecule has 1 aromatic carbocycles. The van der Waals surface area contributed by atoms with Crippen LogP contribution in [-0.2, 0) is 6.54 Å². The number of aromatic nitrogens is 6. The van der Waals surface area contributed by atoms with Gasteiger partial charge in [0, 0.05) is 41.3 Å². The molecule has 0 radical (unpaired) electrons. The number of hydrogen-bond acceptors (Lipinski definition) is 6. The highest BCUT2D eigenvalue weighted by atomic mass is 19.1. The molecule has 4 heterocycles. The van der Waals surface area contributed by atoms with Crippen LogP contribution in [0.15, 0.2) is 48.9 Å². The Morgan fingerprint density at radius 1 is 1.19 bits per heavy atom. The smallest absolute Gasteiger partial charge is 0.272 e. The number of nitrogens with two attached hydrogens (primary N) is 1. The van der Waals surface area contributed by atoms with Gasteiger partial charge in [0.15, 0.2) is 17.3 Å². The zero-order valence-corrected chi connectivity index (χ0v) is 16.5. The van der Waals surface area contributed by atoms with E-state index >= 15 is 0 Å². The molecule has 0 unspecified atom stereocenters. The zero-order chi connectivity index (χ0) is 22.2. The van der Waals surface area contributed by atoms with E-state index in [0.29, 0.717) is 23.6 Å². The molecule has 0 aliphatic heterocycles. The van der Waals surface area contributed by atoms with Gasteiger partial charge >= 0.3 is 0 Å². The molecule has 11 heteroatoms. The summed E-state index contributed by atoms with van der Waals surface area (Å²) in [6.07, 6.45) is 4.28. The summed E-state index contributed by atoms with van der Waals surface area (Å²) in [6.45, 7) is 0.455. The molecule has 0 atom stereocenters. The van der Waals surface area contributed by atoms with Crippen molar-refractivity contribution in [3.05, 3.63) is 66.3 Å². The summed E-state index contributed by atoms with van der Waals surface area (Å²) in [7, 11) is 0. The fourth-order valence-electron chi connectivity index (χ4n) is 3.49. The third-order valence-electron chi connectivity index (χ3n) is 4.99. The van der Waals surface area contributed by atoms with Crippen LogP contribution in [0.1, 0.15) is 10.5 Å². The molecular weight excluding hydrogens is 418 g/mol. The molecule has 0 bridgehead atoms. The summed E-state index contributed by atoms with van der Waals surface area (Å²) in [5.41, 5.74) is 8.72. The van der Waals surface area contributed by atoms with Crippen LogP contribution >= 0.6 is 0 Å². The van der Waals surface area contributed by atoms with E-state index < -0.39 is 23.2 Å². The van der Waals surface area contributed by atoms with E-state index in [4.69, 9.17) is 5.73 Å². The Labute approximate surface area is 179 Å². The number of nitrogens with one attached hydrogen (secondary N) is 2. The molecule has 160 valence electrons. The maximum Gasteiger partial charge on any atom is 0.272 e. The number of H-pyrrole nitrogens is 1. The number of pyridine rings is 2. The van der Waals surface area contributed by atoms with Gasteiger partial charge in [0.05, 0.1) is 24.0 Å². The van der Waals surface area contributed by atoms with E-state index in [1.165, 1.54) is 0 Å². The van der Waals surface area contributed by atoms with E-state index in [9.17, 15) is 13.6 Å². The fraction of sp³-hybridized carbons (Fsp3) is 0.0952. The molecule has 0 aliphatic rings. The minimum Gasteiger partial charge on any atom is -0.382 e. The second-order valence-corrected chi connectivity index (χ2v) is 7.09. The molecule has 0 aliphatic carbocycles. The normalized spacial score (nSPS) is 11.3. The average molecular weight is 434 g/mol. The molecule has 0 saturated carbocycles. The highest BCUT2D eigenvalue weighted by Gasteiger charge is 2.15. The van der Waals surface area contributed by atoms with Gasteiger partial charge in [-0.15, -0.1) is 0 Å². The zero-order valence-electron chi connectivity index (χ0n) is 16.5. The first-order valence-electron chi connectivity index (χ1n) is 9.65. The third kappa shape index (κ3) is 3.49. The molecule has 0 fully saturated rings. The Morgan fingerprint density at radius 3 is 2.84 bits per heavy atom. The predicted octanol–water partition coefficient (Wildman–Crippen LogP) is 2.66. The summed E-state index contributed by atoms with van der Waals surface area (Å²) < 4.78 is 28.3. The number of anilines is 1. The van der Waals surface area contributed by atoms with Gasteiger partial charge < -0.3 is 11.1 Å². The van der Waals surface area contributed by atoms with E-state index in [1.54, 1.807) is 10.9 Å². The SMILES string of the molecule is Nc1nc2cc(-c3ccn[nH]3)ccc2c2cn(CCNC(=O)c3ncc(F)cc3F)nc12. The van der Waals surface area contributed by atoms with Crippen molar-refractivity contribution in [2.75, 3.05) is 12.3 Å². The lowest BCUT2D eigenvalue weighted by molar-refractivity contribution is 0.0942. The van der Waals surface area contributed by atoms with Crippen molar-refractivity contribution in [3.63, 3.8) is 0 Å². The van der Waals surface area contributed by atoms with E-state index in [2.05, 4.69) is 30.6 Å². The number of nitrogens with zero attached hydrogens (tertiary/aromatic N) is 5. The van der Waals surface area contributed by atoms with Gasteiger partial charge in [-0.2, -0.15) is 10.2 Å². The number of fused-ring (bicyclic) bond motifs is 3. The lowest BCUT2D eigenvalue weighted by Crippen LogP contribution is -2.29. The lowest BCUT2D eigenvalue weighted by Gasteiger charge is -2.05. The summed E-state index contributed by atoms with van der Waals surface area (Å²) >= 11 is 0. The van der Waals surface area contributed by atoms with Crippen molar-refractivity contribution in [3.8, 4) is 11.3 Å². The van der Waals surface area contributed by atoms with Crippen LogP contribution in [-0.4, -0.2) is 42.4 Å². The summed E-state index contributed by atoms with van der Waals surface area (Å²) in [5, 5.41) is 15.6. The Hall–Kier alpha value is -4.41. The summed E-state index contributed by atoms with van der Waals surface area (Å²) in [6, 6.07) is 8.29. The largest absolute Gasteiger partial charge is 0.382 e. The Kier molecular flexibility index (Phi) is 4.70. The van der Waals surface area contributed by atoms with Crippen molar-refractivity contribution < 1.29 is 13.6 Å². The molecule has 0 saturated heterocycles. The van der Waals surface area contributed by atoms with Crippen molar-refractivity contribution in [2.45, 2.75) is 6.54 Å². The van der Waals surface area contributed by atoms with E-state index in [1.807, 2.05) is 30.5 Å². The number of benzene rings is 1. The maximum atomic E-state index is 13.7. The fourth-order valence-corrected chi connectivity index (χ4v) is 3.49. The molecule has 1 amide bonds. The lowest BCUT2D eigenvalue weighted by atomic mass is 10.1. The quantitative estimate of drug-likeness (QED) is 0.390. The van der Waals surface area contributed by atoms with Crippen molar-refractivity contribution in [1.82, 2.24) is 35.3 Å². The number of rotatable bonds is 5. The van der Waals surface area contributed by atoms with Crippen LogP contribution < -0.4 is 11.1 Å². The minimum atomic E-state index is -1.02. The second kappa shape index (κ2) is 7.69. The number of hydrogen-bond donors (Lipinski definition) is 3. The first kappa shape index (κ1) is 19.5. The highest BCUT2D eigenvalue weighted by Crippen LogP contribution is 2.29. The number of amides is 1. The molecule has 32 heavy (non-hydrogen) atoms. The summed E-state index contributed by atoms with van der Waals surface area (Å²) in [4.78, 5) is 20.1. The van der Waals surface area contributed by atoms with Crippen LogP contribution in [0, 0.1) is 11.6 Å². The van der Waals surface area contributed by atoms with E-state index in [0.717, 1.165) is 28.2 Å². The summed E-state index contributed by atoms with van der Waals surface area (Å²) in [5.74, 6) is -2.32. The van der Waals surface area contributed by atoms with Gasteiger partial charge in [0.1, 0.15) is 11.3 Å². The Balaban J connectivity index is 1.37. The maximum absolute atomic E-state index is 13.7. The number of aromatic amines is 1. The van der Waals surface area contributed by atoms with Gasteiger partial charge in [-0.1, -0.05) is 12.1 Å². The standard InChI is InChI=1S/C21H16F2N8O/c22-12-8-15(23)19(26-9-12)21(32)25-5-6-31-10-14-13-2-1-11(16-3-4-27-29-16)7-17(13)28-20(24)18(14)30-31/h1-4,7-10H,5-6H2,(H2,24,28)(H,25,32)(H,27,29). The first-order valence-corrected chi connectivity index (χ1v) is 9.65. The number of halogens is 2. The number of carbonyl (C=O) groups is 1. The molecule has 5 aromatic rings. The number of carbonyl (C=O) groups excluding carboxylic acids is 1. The second-order valence-electron chi connectivity index (χ2n) is 7.09. The molecular formula is C21H16F2N8O. The van der Waals surface area contributed by atoms with Gasteiger partial charge in [0.25, 0.3) is 5.91 Å². The van der Waals surface area contributed by atoms with Crippen LogP contribution in [0.25, 0.3) is 33.1 Å². The third-order valence-corrected chi connectivity index (χ3v) is 4.99. The van der Waals surface area contributed by atoms with Gasteiger partial charge in [0.2, 0.25) is 0 Å². The Morgan fingerprint density at radius 2 is 2.06 bits per heavy atom. The molecule has 0 spiro atoms. The van der Waals surface area contributed by atoms with Crippen LogP contribution in [0.2, 0.25) is 0 Å². The van der Waals surface area contributed by atoms with Crippen molar-refractivity contribution >= 4 is 33.5 Å². The molecule has 4 aromatic heterocycles. The predicted molar refractivity (Wildman–Crippen MR) is 114 cm³/mol. The molecule has 9 nitrogen and oxygen atoms in total. The first-order chi connectivity index (χ1) is 15.5. The van der Waals surface area contributed by atoms with Gasteiger partial charge in [-0.05, 0) is 12.1 Å². The van der Waals surface area contributed by atoms with Crippen molar-refractivity contribution in [1.29, 1.82) is 0 Å². The number of nitrogen functional groups attached to an aromatic ring is 1. The van der Waals surface area contributed by atoms with Crippen LogP contribution in [0.3, 0.4) is 0 Å². The van der Waals surface area contributed by atoms with E-state index in [-0.39, 0.29) is 12.4 Å².